The first-order valence-corrected chi connectivity index (χ1v) is 7.13. The Morgan fingerprint density at radius 2 is 2.05 bits per heavy atom. The minimum absolute atomic E-state index is 0.211. The lowest BCUT2D eigenvalue weighted by molar-refractivity contribution is 0.300. The molecule has 0 unspecified atom stereocenters. The van der Waals surface area contributed by atoms with E-state index in [1.54, 1.807) is 11.0 Å². The molecule has 0 saturated heterocycles. The summed E-state index contributed by atoms with van der Waals surface area (Å²) in [7, 11) is 3.63. The predicted molar refractivity (Wildman–Crippen MR) is 86.4 cm³/mol. The zero-order valence-electron chi connectivity index (χ0n) is 13.0. The number of nitrogens with two attached hydrogens (primary N) is 1. The van der Waals surface area contributed by atoms with Crippen LogP contribution in [0.1, 0.15) is 25.3 Å². The second-order valence-corrected chi connectivity index (χ2v) is 5.33. The number of anilines is 2. The van der Waals surface area contributed by atoms with Crippen molar-refractivity contribution >= 4 is 22.5 Å². The summed E-state index contributed by atoms with van der Waals surface area (Å²) in [6.45, 7) is 4.42. The molecule has 5 nitrogen and oxygen atoms in total. The average Bonchev–Trinajstić information content (AvgIpc) is 2.44. The van der Waals surface area contributed by atoms with Crippen LogP contribution in [0.15, 0.2) is 21.3 Å². The van der Waals surface area contributed by atoms with Crippen LogP contribution in [-0.4, -0.2) is 20.7 Å². The Hall–Kier alpha value is -2.17. The molecule has 0 aliphatic heterocycles. The van der Waals surface area contributed by atoms with Crippen molar-refractivity contribution in [2.75, 3.05) is 31.3 Å². The molecule has 0 aliphatic carbocycles. The number of hydrogen-bond acceptors (Lipinski definition) is 5. The van der Waals surface area contributed by atoms with Gasteiger partial charge in [0.15, 0.2) is 0 Å². The van der Waals surface area contributed by atoms with Gasteiger partial charge in [0.05, 0.1) is 12.0 Å². The summed E-state index contributed by atoms with van der Waals surface area (Å²) in [5.41, 5.74) is 7.61. The van der Waals surface area contributed by atoms with Crippen LogP contribution in [0, 0.1) is 6.92 Å². The molecule has 21 heavy (non-hydrogen) atoms. The maximum atomic E-state index is 12.7. The molecule has 0 fully saturated rings. The van der Waals surface area contributed by atoms with Gasteiger partial charge in [-0.1, -0.05) is 19.4 Å². The third-order valence-corrected chi connectivity index (χ3v) is 3.41. The van der Waals surface area contributed by atoms with Crippen LogP contribution < -0.4 is 20.8 Å². The number of fused-ring (bicyclic) bond motifs is 1. The van der Waals surface area contributed by atoms with Crippen molar-refractivity contribution in [2.24, 2.45) is 0 Å². The molecule has 0 atom stereocenters. The summed E-state index contributed by atoms with van der Waals surface area (Å²) < 4.78 is 11.5. The summed E-state index contributed by atoms with van der Waals surface area (Å²) >= 11 is 0. The van der Waals surface area contributed by atoms with Gasteiger partial charge in [0.2, 0.25) is 17.1 Å². The highest BCUT2D eigenvalue weighted by molar-refractivity contribution is 5.92. The van der Waals surface area contributed by atoms with E-state index in [1.807, 2.05) is 27.1 Å². The van der Waals surface area contributed by atoms with Gasteiger partial charge in [0.1, 0.15) is 5.58 Å². The molecular weight excluding hydrogens is 268 g/mol. The number of hydrogen-bond donors (Lipinski definition) is 1. The summed E-state index contributed by atoms with van der Waals surface area (Å²) in [6, 6.07) is 3.61. The Morgan fingerprint density at radius 3 is 2.67 bits per heavy atom. The van der Waals surface area contributed by atoms with E-state index in [4.69, 9.17) is 14.9 Å². The second kappa shape index (κ2) is 6.08. The second-order valence-electron chi connectivity index (χ2n) is 5.33. The van der Waals surface area contributed by atoms with E-state index in [2.05, 4.69) is 6.92 Å². The van der Waals surface area contributed by atoms with Crippen LogP contribution in [0.2, 0.25) is 0 Å². The van der Waals surface area contributed by atoms with Gasteiger partial charge in [-0.3, -0.25) is 4.79 Å². The molecule has 0 bridgehead atoms. The fraction of sp³-hybridized carbons (Fsp3) is 0.438. The number of aryl methyl sites for hydroxylation is 1. The lowest BCUT2D eigenvalue weighted by Crippen LogP contribution is -2.18. The SMILES string of the molecule is CCCCOc1c(N(C)C)oc2ccc(C)c(N)c2c1=O. The summed E-state index contributed by atoms with van der Waals surface area (Å²) in [5, 5.41) is 0.395. The van der Waals surface area contributed by atoms with Gasteiger partial charge >= 0.3 is 0 Å². The number of nitrogen functional groups attached to an aromatic ring is 1. The van der Waals surface area contributed by atoms with Crippen molar-refractivity contribution in [3.63, 3.8) is 0 Å². The van der Waals surface area contributed by atoms with E-state index in [0.717, 1.165) is 18.4 Å². The molecule has 114 valence electrons. The molecule has 1 aromatic carbocycles. The van der Waals surface area contributed by atoms with E-state index in [-0.39, 0.29) is 11.2 Å². The zero-order valence-corrected chi connectivity index (χ0v) is 13.0. The highest BCUT2D eigenvalue weighted by Gasteiger charge is 2.19. The topological polar surface area (TPSA) is 68.7 Å². The Morgan fingerprint density at radius 1 is 1.33 bits per heavy atom. The van der Waals surface area contributed by atoms with Gasteiger partial charge in [-0.2, -0.15) is 0 Å². The number of ether oxygens (including phenoxy) is 1. The maximum Gasteiger partial charge on any atom is 0.242 e. The summed E-state index contributed by atoms with van der Waals surface area (Å²) in [4.78, 5) is 14.5. The average molecular weight is 290 g/mol. The van der Waals surface area contributed by atoms with Gasteiger partial charge in [-0.05, 0) is 25.0 Å². The first-order chi connectivity index (χ1) is 9.97. The monoisotopic (exact) mass is 290 g/mol. The molecule has 0 amide bonds. The Labute approximate surface area is 124 Å². The molecule has 0 radical (unpaired) electrons. The fourth-order valence-electron chi connectivity index (χ4n) is 2.12. The minimum atomic E-state index is -0.211. The zero-order chi connectivity index (χ0) is 15.6. The van der Waals surface area contributed by atoms with Crippen molar-refractivity contribution in [1.29, 1.82) is 0 Å². The molecule has 0 saturated carbocycles. The van der Waals surface area contributed by atoms with Crippen LogP contribution in [0.25, 0.3) is 11.0 Å². The van der Waals surface area contributed by atoms with Gasteiger partial charge in [0.25, 0.3) is 0 Å². The third-order valence-electron chi connectivity index (χ3n) is 3.41. The number of nitrogens with zero attached hydrogens (tertiary/aromatic N) is 1. The molecule has 0 spiro atoms. The van der Waals surface area contributed by atoms with E-state index >= 15 is 0 Å². The summed E-state index contributed by atoms with van der Waals surface area (Å²) in [5.74, 6) is 0.658. The van der Waals surface area contributed by atoms with Crippen LogP contribution in [0.4, 0.5) is 11.6 Å². The van der Waals surface area contributed by atoms with Crippen molar-refractivity contribution < 1.29 is 9.15 Å². The predicted octanol–water partition coefficient (Wildman–Crippen LogP) is 2.93. The molecule has 1 aromatic heterocycles. The minimum Gasteiger partial charge on any atom is -0.485 e. The van der Waals surface area contributed by atoms with E-state index in [0.29, 0.717) is 29.1 Å². The Bertz CT molecular complexity index is 705. The van der Waals surface area contributed by atoms with E-state index in [9.17, 15) is 4.79 Å². The number of rotatable bonds is 5. The molecular formula is C16H22N2O3. The van der Waals surface area contributed by atoms with E-state index in [1.165, 1.54) is 0 Å². The molecule has 2 aromatic rings. The lowest BCUT2D eigenvalue weighted by Gasteiger charge is -2.17. The summed E-state index contributed by atoms with van der Waals surface area (Å²) in [6.07, 6.45) is 1.88. The first kappa shape index (κ1) is 15.2. The largest absolute Gasteiger partial charge is 0.485 e. The van der Waals surface area contributed by atoms with Crippen molar-refractivity contribution in [3.05, 3.63) is 27.9 Å². The molecule has 1 heterocycles. The highest BCUT2D eigenvalue weighted by Crippen LogP contribution is 2.31. The molecule has 0 aliphatic rings. The van der Waals surface area contributed by atoms with Crippen molar-refractivity contribution in [3.8, 4) is 5.75 Å². The van der Waals surface area contributed by atoms with Crippen molar-refractivity contribution in [2.45, 2.75) is 26.7 Å². The van der Waals surface area contributed by atoms with Gasteiger partial charge < -0.3 is 19.8 Å². The fourth-order valence-corrected chi connectivity index (χ4v) is 2.12. The standard InChI is InChI=1S/C16H22N2O3/c1-5-6-9-20-15-14(19)12-11(21-16(15)18(3)4)8-7-10(2)13(12)17/h7-8H,5-6,9,17H2,1-4H3. The number of unbranched alkanes of at least 4 members (excludes halogenated alkanes) is 1. The van der Waals surface area contributed by atoms with Crippen LogP contribution in [-0.2, 0) is 0 Å². The first-order valence-electron chi connectivity index (χ1n) is 7.13. The highest BCUT2D eigenvalue weighted by atomic mass is 16.5. The van der Waals surface area contributed by atoms with Crippen LogP contribution in [0.3, 0.4) is 0 Å². The number of benzene rings is 1. The van der Waals surface area contributed by atoms with Gasteiger partial charge in [0, 0.05) is 19.8 Å². The van der Waals surface area contributed by atoms with Crippen LogP contribution in [0.5, 0.6) is 5.75 Å². The molecule has 2 rings (SSSR count). The smallest absolute Gasteiger partial charge is 0.242 e. The Kier molecular flexibility index (Phi) is 4.40. The normalized spacial score (nSPS) is 10.9. The molecule has 5 heteroatoms. The quantitative estimate of drug-likeness (QED) is 0.677. The van der Waals surface area contributed by atoms with Gasteiger partial charge in [-0.15, -0.1) is 0 Å². The van der Waals surface area contributed by atoms with Gasteiger partial charge in [-0.25, -0.2) is 0 Å². The Balaban J connectivity index is 2.68. The lowest BCUT2D eigenvalue weighted by atomic mass is 10.1. The third kappa shape index (κ3) is 2.82. The van der Waals surface area contributed by atoms with E-state index < -0.39 is 0 Å². The van der Waals surface area contributed by atoms with Crippen LogP contribution >= 0.6 is 0 Å². The molecule has 2 N–H and O–H groups in total. The maximum absolute atomic E-state index is 12.7. The van der Waals surface area contributed by atoms with Crippen molar-refractivity contribution in [1.82, 2.24) is 0 Å².